The molecule has 4 heteroatoms. The van der Waals surface area contributed by atoms with E-state index in [9.17, 15) is 9.59 Å². The second-order valence-corrected chi connectivity index (χ2v) is 4.46. The summed E-state index contributed by atoms with van der Waals surface area (Å²) in [6.07, 6.45) is 3.15. The number of hydrogen-bond acceptors (Lipinski definition) is 3. The Morgan fingerprint density at radius 3 is 2.50 bits per heavy atom. The van der Waals surface area contributed by atoms with Crippen molar-refractivity contribution < 1.29 is 14.3 Å². The highest BCUT2D eigenvalue weighted by atomic mass is 16.5. The molecule has 16 heavy (non-hydrogen) atoms. The van der Waals surface area contributed by atoms with Crippen LogP contribution in [0.5, 0.6) is 0 Å². The molecule has 0 aromatic carbocycles. The summed E-state index contributed by atoms with van der Waals surface area (Å²) in [4.78, 5) is 24.9. The predicted molar refractivity (Wildman–Crippen MR) is 60.8 cm³/mol. The molecule has 1 amide bonds. The number of rotatable bonds is 6. The lowest BCUT2D eigenvalue weighted by atomic mass is 10.0. The number of amides is 1. The SMILES string of the molecule is CCCN(CC(=O)OC)C(=O)C(C)C1CC1. The molecular formula is C12H21NO3. The highest BCUT2D eigenvalue weighted by Gasteiger charge is 2.35. The lowest BCUT2D eigenvalue weighted by Gasteiger charge is -2.24. The van der Waals surface area contributed by atoms with E-state index in [1.54, 1.807) is 4.90 Å². The first kappa shape index (κ1) is 13.0. The highest BCUT2D eigenvalue weighted by molar-refractivity contribution is 5.83. The van der Waals surface area contributed by atoms with Crippen molar-refractivity contribution in [1.29, 1.82) is 0 Å². The molecule has 0 heterocycles. The molecule has 1 aliphatic carbocycles. The molecular weight excluding hydrogens is 206 g/mol. The number of nitrogens with zero attached hydrogens (tertiary/aromatic N) is 1. The van der Waals surface area contributed by atoms with Gasteiger partial charge in [0, 0.05) is 12.5 Å². The smallest absolute Gasteiger partial charge is 0.325 e. The van der Waals surface area contributed by atoms with Gasteiger partial charge >= 0.3 is 5.97 Å². The average molecular weight is 227 g/mol. The van der Waals surface area contributed by atoms with Crippen molar-refractivity contribution >= 4 is 11.9 Å². The van der Waals surface area contributed by atoms with Crippen LogP contribution in [0, 0.1) is 11.8 Å². The van der Waals surface area contributed by atoms with Gasteiger partial charge in [0.1, 0.15) is 6.54 Å². The van der Waals surface area contributed by atoms with E-state index in [4.69, 9.17) is 0 Å². The molecule has 1 saturated carbocycles. The fourth-order valence-electron chi connectivity index (χ4n) is 1.84. The van der Waals surface area contributed by atoms with Crippen molar-refractivity contribution in [1.82, 2.24) is 4.90 Å². The maximum absolute atomic E-state index is 12.1. The summed E-state index contributed by atoms with van der Waals surface area (Å²) in [5.41, 5.74) is 0. The van der Waals surface area contributed by atoms with E-state index in [-0.39, 0.29) is 24.3 Å². The Balaban J connectivity index is 2.53. The first-order chi connectivity index (χ1) is 7.60. The first-order valence-electron chi connectivity index (χ1n) is 5.95. The van der Waals surface area contributed by atoms with Gasteiger partial charge < -0.3 is 9.64 Å². The normalized spacial score (nSPS) is 16.7. The van der Waals surface area contributed by atoms with Crippen LogP contribution >= 0.6 is 0 Å². The molecule has 4 nitrogen and oxygen atoms in total. The first-order valence-corrected chi connectivity index (χ1v) is 5.95. The molecule has 0 radical (unpaired) electrons. The van der Waals surface area contributed by atoms with Crippen molar-refractivity contribution in [2.45, 2.75) is 33.1 Å². The quantitative estimate of drug-likeness (QED) is 0.645. The fraction of sp³-hybridized carbons (Fsp3) is 0.833. The van der Waals surface area contributed by atoms with Gasteiger partial charge in [-0.2, -0.15) is 0 Å². The maximum Gasteiger partial charge on any atom is 0.325 e. The van der Waals surface area contributed by atoms with E-state index >= 15 is 0 Å². The molecule has 0 spiro atoms. The van der Waals surface area contributed by atoms with Gasteiger partial charge in [0.15, 0.2) is 0 Å². The highest BCUT2D eigenvalue weighted by Crippen LogP contribution is 2.37. The van der Waals surface area contributed by atoms with Crippen LogP contribution in [0.15, 0.2) is 0 Å². The predicted octanol–water partition coefficient (Wildman–Crippen LogP) is 1.44. The topological polar surface area (TPSA) is 46.6 Å². The molecule has 92 valence electrons. The van der Waals surface area contributed by atoms with Crippen LogP contribution in [0.3, 0.4) is 0 Å². The van der Waals surface area contributed by atoms with Crippen LogP contribution in [0.4, 0.5) is 0 Å². The van der Waals surface area contributed by atoms with E-state index < -0.39 is 0 Å². The second-order valence-electron chi connectivity index (χ2n) is 4.46. The summed E-state index contributed by atoms with van der Waals surface area (Å²) in [6, 6.07) is 0. The molecule has 0 bridgehead atoms. The van der Waals surface area contributed by atoms with Crippen molar-refractivity contribution in [2.75, 3.05) is 20.2 Å². The molecule has 0 saturated heterocycles. The Morgan fingerprint density at radius 1 is 1.44 bits per heavy atom. The minimum absolute atomic E-state index is 0.0520. The van der Waals surface area contributed by atoms with Gasteiger partial charge in [-0.15, -0.1) is 0 Å². The van der Waals surface area contributed by atoms with Gasteiger partial charge in [-0.3, -0.25) is 9.59 Å². The van der Waals surface area contributed by atoms with E-state index in [2.05, 4.69) is 4.74 Å². The molecule has 1 rings (SSSR count). The minimum atomic E-state index is -0.343. The third-order valence-electron chi connectivity index (χ3n) is 3.07. The monoisotopic (exact) mass is 227 g/mol. The summed E-state index contributed by atoms with van der Waals surface area (Å²) >= 11 is 0. The van der Waals surface area contributed by atoms with E-state index in [0.717, 1.165) is 19.3 Å². The average Bonchev–Trinajstić information content (AvgIpc) is 3.10. The molecule has 0 aromatic heterocycles. The zero-order valence-electron chi connectivity index (χ0n) is 10.4. The Kier molecular flexibility index (Phi) is 4.77. The van der Waals surface area contributed by atoms with Crippen molar-refractivity contribution in [3.63, 3.8) is 0 Å². The zero-order valence-corrected chi connectivity index (χ0v) is 10.4. The molecule has 0 N–H and O–H groups in total. The van der Waals surface area contributed by atoms with Crippen LogP contribution in [-0.2, 0) is 14.3 Å². The lowest BCUT2D eigenvalue weighted by molar-refractivity contribution is -0.148. The summed E-state index contributed by atoms with van der Waals surface area (Å²) in [6.45, 7) is 4.67. The Bertz CT molecular complexity index is 261. The van der Waals surface area contributed by atoms with Crippen molar-refractivity contribution in [3.8, 4) is 0 Å². The second kappa shape index (κ2) is 5.87. The molecule has 0 aliphatic heterocycles. The number of carbonyl (C=O) groups is 2. The third kappa shape index (κ3) is 3.51. The number of carbonyl (C=O) groups excluding carboxylic acids is 2. The van der Waals surface area contributed by atoms with Crippen LogP contribution in [-0.4, -0.2) is 37.0 Å². The van der Waals surface area contributed by atoms with E-state index in [1.165, 1.54) is 7.11 Å². The number of hydrogen-bond donors (Lipinski definition) is 0. The summed E-state index contributed by atoms with van der Waals surface area (Å²) in [5, 5.41) is 0. The van der Waals surface area contributed by atoms with Gasteiger partial charge in [-0.1, -0.05) is 13.8 Å². The van der Waals surface area contributed by atoms with Gasteiger partial charge in [0.05, 0.1) is 7.11 Å². The van der Waals surface area contributed by atoms with Crippen LogP contribution in [0.1, 0.15) is 33.1 Å². The van der Waals surface area contributed by atoms with Gasteiger partial charge in [0.25, 0.3) is 0 Å². The van der Waals surface area contributed by atoms with Crippen LogP contribution in [0.25, 0.3) is 0 Å². The molecule has 1 atom stereocenters. The Labute approximate surface area is 96.9 Å². The largest absolute Gasteiger partial charge is 0.468 e. The Hall–Kier alpha value is -1.06. The summed E-state index contributed by atoms with van der Waals surface area (Å²) in [7, 11) is 1.35. The Morgan fingerprint density at radius 2 is 2.06 bits per heavy atom. The third-order valence-corrected chi connectivity index (χ3v) is 3.07. The molecule has 1 unspecified atom stereocenters. The summed E-state index contributed by atoms with van der Waals surface area (Å²) in [5.74, 6) is 0.334. The maximum atomic E-state index is 12.1. The zero-order chi connectivity index (χ0) is 12.1. The molecule has 0 aromatic rings. The van der Waals surface area contributed by atoms with Gasteiger partial charge in [0.2, 0.25) is 5.91 Å². The van der Waals surface area contributed by atoms with Crippen molar-refractivity contribution in [2.24, 2.45) is 11.8 Å². The van der Waals surface area contributed by atoms with Crippen LogP contribution in [0.2, 0.25) is 0 Å². The van der Waals surface area contributed by atoms with Gasteiger partial charge in [-0.25, -0.2) is 0 Å². The number of esters is 1. The van der Waals surface area contributed by atoms with Gasteiger partial charge in [-0.05, 0) is 25.2 Å². The van der Waals surface area contributed by atoms with E-state index in [0.29, 0.717) is 12.5 Å². The lowest BCUT2D eigenvalue weighted by Crippen LogP contribution is -2.40. The molecule has 1 fully saturated rings. The number of methoxy groups -OCH3 is 1. The standard InChI is InChI=1S/C12H21NO3/c1-4-7-13(8-11(14)16-3)12(15)9(2)10-5-6-10/h9-10H,4-8H2,1-3H3. The van der Waals surface area contributed by atoms with Crippen molar-refractivity contribution in [3.05, 3.63) is 0 Å². The number of ether oxygens (including phenoxy) is 1. The van der Waals surface area contributed by atoms with Crippen LogP contribution < -0.4 is 0 Å². The van der Waals surface area contributed by atoms with E-state index in [1.807, 2.05) is 13.8 Å². The fourth-order valence-corrected chi connectivity index (χ4v) is 1.84. The summed E-state index contributed by atoms with van der Waals surface area (Å²) < 4.78 is 4.60. The molecule has 1 aliphatic rings. The minimum Gasteiger partial charge on any atom is -0.468 e.